The predicted octanol–water partition coefficient (Wildman–Crippen LogP) is 2.84. The Morgan fingerprint density at radius 3 is 2.59 bits per heavy atom. The summed E-state index contributed by atoms with van der Waals surface area (Å²) in [6, 6.07) is 3.35. The summed E-state index contributed by atoms with van der Waals surface area (Å²) >= 11 is 0. The van der Waals surface area contributed by atoms with Gasteiger partial charge in [0.2, 0.25) is 0 Å². The molecule has 1 aromatic carbocycles. The van der Waals surface area contributed by atoms with Crippen LogP contribution in [0.15, 0.2) is 18.2 Å². The van der Waals surface area contributed by atoms with Crippen molar-refractivity contribution in [3.63, 3.8) is 0 Å². The largest absolute Gasteiger partial charge is 0.480 e. The molecular weight excluding hydrogens is 287 g/mol. The van der Waals surface area contributed by atoms with Gasteiger partial charge in [0.05, 0.1) is 0 Å². The Morgan fingerprint density at radius 1 is 1.32 bits per heavy atom. The van der Waals surface area contributed by atoms with Crippen LogP contribution in [0.3, 0.4) is 0 Å². The van der Waals surface area contributed by atoms with Crippen LogP contribution >= 0.6 is 0 Å². The number of aryl methyl sites for hydroxylation is 1. The van der Waals surface area contributed by atoms with Crippen molar-refractivity contribution >= 4 is 22.8 Å². The van der Waals surface area contributed by atoms with Gasteiger partial charge >= 0.3 is 5.97 Å². The summed E-state index contributed by atoms with van der Waals surface area (Å²) in [4.78, 5) is 26.2. The Morgan fingerprint density at radius 2 is 2.00 bits per heavy atom. The molecule has 22 heavy (non-hydrogen) atoms. The second-order valence-electron chi connectivity index (χ2n) is 5.86. The highest BCUT2D eigenvalue weighted by Gasteiger charge is 2.22. The number of H-pyrrole nitrogens is 1. The zero-order chi connectivity index (χ0) is 16.4. The van der Waals surface area contributed by atoms with Gasteiger partial charge < -0.3 is 15.4 Å². The number of aromatic amines is 1. The minimum atomic E-state index is -1.07. The molecule has 0 spiro atoms. The quantitative estimate of drug-likeness (QED) is 0.794. The molecule has 2 aromatic rings. The van der Waals surface area contributed by atoms with Gasteiger partial charge in [-0.1, -0.05) is 13.8 Å². The van der Waals surface area contributed by atoms with Gasteiger partial charge in [-0.25, -0.2) is 9.18 Å². The van der Waals surface area contributed by atoms with E-state index in [0.717, 1.165) is 5.39 Å². The first-order valence-corrected chi connectivity index (χ1v) is 7.10. The number of amides is 1. The van der Waals surface area contributed by atoms with E-state index in [9.17, 15) is 14.0 Å². The number of hydrogen-bond donors (Lipinski definition) is 3. The minimum Gasteiger partial charge on any atom is -0.480 e. The zero-order valence-corrected chi connectivity index (χ0v) is 12.7. The molecule has 0 fully saturated rings. The maximum atomic E-state index is 13.4. The van der Waals surface area contributed by atoms with E-state index in [1.807, 2.05) is 13.8 Å². The molecule has 0 aliphatic heterocycles. The van der Waals surface area contributed by atoms with Gasteiger partial charge in [0, 0.05) is 10.9 Å². The summed E-state index contributed by atoms with van der Waals surface area (Å²) < 4.78 is 13.4. The van der Waals surface area contributed by atoms with Gasteiger partial charge in [-0.2, -0.15) is 0 Å². The maximum Gasteiger partial charge on any atom is 0.326 e. The molecule has 0 aliphatic rings. The van der Waals surface area contributed by atoms with Gasteiger partial charge in [-0.05, 0) is 43.0 Å². The third-order valence-corrected chi connectivity index (χ3v) is 3.46. The van der Waals surface area contributed by atoms with E-state index < -0.39 is 17.9 Å². The molecule has 2 rings (SSSR count). The van der Waals surface area contributed by atoms with Gasteiger partial charge in [0.15, 0.2) is 0 Å². The molecule has 0 aliphatic carbocycles. The van der Waals surface area contributed by atoms with E-state index in [-0.39, 0.29) is 17.4 Å². The van der Waals surface area contributed by atoms with Crippen LogP contribution in [-0.4, -0.2) is 28.0 Å². The highest BCUT2D eigenvalue weighted by molar-refractivity contribution is 6.00. The second-order valence-corrected chi connectivity index (χ2v) is 5.86. The molecule has 1 aromatic heterocycles. The fraction of sp³-hybridized carbons (Fsp3) is 0.375. The van der Waals surface area contributed by atoms with Crippen molar-refractivity contribution in [1.29, 1.82) is 0 Å². The summed E-state index contributed by atoms with van der Waals surface area (Å²) in [7, 11) is 0. The normalized spacial score (nSPS) is 12.6. The smallest absolute Gasteiger partial charge is 0.326 e. The Bertz CT molecular complexity index is 721. The van der Waals surface area contributed by atoms with Crippen LogP contribution in [0, 0.1) is 18.7 Å². The number of nitrogens with one attached hydrogen (secondary N) is 2. The van der Waals surface area contributed by atoms with Gasteiger partial charge in [0.1, 0.15) is 17.6 Å². The number of benzene rings is 1. The molecule has 0 saturated carbocycles. The molecule has 0 unspecified atom stereocenters. The van der Waals surface area contributed by atoms with Crippen molar-refractivity contribution in [2.45, 2.75) is 33.2 Å². The summed E-state index contributed by atoms with van der Waals surface area (Å²) in [6.45, 7) is 5.52. The number of carboxylic acids is 1. The van der Waals surface area contributed by atoms with Crippen LogP contribution in [0.2, 0.25) is 0 Å². The van der Waals surface area contributed by atoms with E-state index in [4.69, 9.17) is 5.11 Å². The number of fused-ring (bicyclic) bond motifs is 1. The number of halogens is 1. The lowest BCUT2D eigenvalue weighted by molar-refractivity contribution is -0.139. The number of carboxylic acid groups (broad SMARTS) is 1. The van der Waals surface area contributed by atoms with Crippen LogP contribution in [0.1, 0.15) is 36.3 Å². The lowest BCUT2D eigenvalue weighted by Crippen LogP contribution is -2.41. The lowest BCUT2D eigenvalue weighted by atomic mass is 10.0. The third kappa shape index (κ3) is 3.44. The Hall–Kier alpha value is -2.37. The number of rotatable bonds is 5. The fourth-order valence-electron chi connectivity index (χ4n) is 2.43. The van der Waals surface area contributed by atoms with Crippen molar-refractivity contribution in [2.24, 2.45) is 5.92 Å². The molecule has 0 saturated heterocycles. The van der Waals surface area contributed by atoms with Crippen LogP contribution in [0.4, 0.5) is 4.39 Å². The molecule has 1 heterocycles. The maximum absolute atomic E-state index is 13.4. The zero-order valence-electron chi connectivity index (χ0n) is 12.7. The Kier molecular flexibility index (Phi) is 4.49. The molecule has 3 N–H and O–H groups in total. The molecule has 0 radical (unpaired) electrons. The minimum absolute atomic E-state index is 0.139. The second kappa shape index (κ2) is 6.17. The number of aliphatic carboxylic acids is 1. The summed E-state index contributed by atoms with van der Waals surface area (Å²) in [5.41, 5.74) is 1.44. The number of carbonyl (C=O) groups excluding carboxylic acids is 1. The molecule has 0 bridgehead atoms. The molecular formula is C16H19FN2O3. The molecule has 6 heteroatoms. The number of carbonyl (C=O) groups is 2. The molecule has 118 valence electrons. The standard InChI is InChI=1S/C16H19FN2O3/c1-8(2)4-14(16(21)22)19-15(20)13-7-11-9(3)5-10(17)6-12(11)18-13/h5-8,14,18H,4H2,1-3H3,(H,19,20)(H,21,22)/t14-/m0/s1. The van der Waals surface area contributed by atoms with E-state index in [1.165, 1.54) is 12.1 Å². The predicted molar refractivity (Wildman–Crippen MR) is 81.3 cm³/mol. The van der Waals surface area contributed by atoms with Gasteiger partial charge in [-0.15, -0.1) is 0 Å². The fourth-order valence-corrected chi connectivity index (χ4v) is 2.43. The van der Waals surface area contributed by atoms with Crippen LogP contribution < -0.4 is 5.32 Å². The van der Waals surface area contributed by atoms with Crippen LogP contribution in [-0.2, 0) is 4.79 Å². The monoisotopic (exact) mass is 306 g/mol. The van der Waals surface area contributed by atoms with Gasteiger partial charge in [0.25, 0.3) is 5.91 Å². The van der Waals surface area contributed by atoms with Crippen molar-refractivity contribution in [2.75, 3.05) is 0 Å². The Balaban J connectivity index is 2.25. The van der Waals surface area contributed by atoms with E-state index in [2.05, 4.69) is 10.3 Å². The third-order valence-electron chi connectivity index (χ3n) is 3.46. The summed E-state index contributed by atoms with van der Waals surface area (Å²) in [6.07, 6.45) is 0.342. The molecule has 1 atom stereocenters. The van der Waals surface area contributed by atoms with Crippen LogP contribution in [0.25, 0.3) is 10.9 Å². The Labute approximate surface area is 127 Å². The van der Waals surface area contributed by atoms with E-state index >= 15 is 0 Å². The van der Waals surface area contributed by atoms with Crippen molar-refractivity contribution in [3.05, 3.63) is 35.3 Å². The highest BCUT2D eigenvalue weighted by atomic mass is 19.1. The van der Waals surface area contributed by atoms with Crippen molar-refractivity contribution in [3.8, 4) is 0 Å². The number of aromatic nitrogens is 1. The number of hydrogen-bond acceptors (Lipinski definition) is 2. The van der Waals surface area contributed by atoms with Crippen molar-refractivity contribution in [1.82, 2.24) is 10.3 Å². The van der Waals surface area contributed by atoms with Gasteiger partial charge in [-0.3, -0.25) is 4.79 Å². The highest BCUT2D eigenvalue weighted by Crippen LogP contribution is 2.21. The topological polar surface area (TPSA) is 82.2 Å². The van der Waals surface area contributed by atoms with Crippen LogP contribution in [0.5, 0.6) is 0 Å². The first-order valence-electron chi connectivity index (χ1n) is 7.10. The SMILES string of the molecule is Cc1cc(F)cc2[nH]c(C(=O)N[C@@H](CC(C)C)C(=O)O)cc12. The van der Waals surface area contributed by atoms with E-state index in [1.54, 1.807) is 13.0 Å². The summed E-state index contributed by atoms with van der Waals surface area (Å²) in [5.74, 6) is -1.83. The first-order chi connectivity index (χ1) is 10.3. The van der Waals surface area contributed by atoms with Crippen molar-refractivity contribution < 1.29 is 19.1 Å². The average molecular weight is 306 g/mol. The lowest BCUT2D eigenvalue weighted by Gasteiger charge is -2.15. The van der Waals surface area contributed by atoms with E-state index in [0.29, 0.717) is 17.5 Å². The first kappa shape index (κ1) is 16.0. The molecule has 1 amide bonds. The molecule has 5 nitrogen and oxygen atoms in total. The average Bonchev–Trinajstić information content (AvgIpc) is 2.81. The summed E-state index contributed by atoms with van der Waals surface area (Å²) in [5, 5.41) is 12.4.